The Bertz CT molecular complexity index is 473. The largest absolute Gasteiger partial charge is 0.416 e. The van der Waals surface area contributed by atoms with Gasteiger partial charge in [-0.15, -0.1) is 0 Å². The van der Waals surface area contributed by atoms with Crippen LogP contribution in [0.2, 0.25) is 0 Å². The number of nitrogens with zero attached hydrogens (tertiary/aromatic N) is 1. The van der Waals surface area contributed by atoms with Crippen LogP contribution in [0.25, 0.3) is 0 Å². The van der Waals surface area contributed by atoms with Crippen molar-refractivity contribution in [3.05, 3.63) is 35.4 Å². The van der Waals surface area contributed by atoms with E-state index in [1.54, 1.807) is 13.0 Å². The maximum atomic E-state index is 12.6. The van der Waals surface area contributed by atoms with Crippen LogP contribution in [0.3, 0.4) is 0 Å². The van der Waals surface area contributed by atoms with E-state index in [4.69, 9.17) is 0 Å². The van der Waals surface area contributed by atoms with Crippen molar-refractivity contribution in [2.24, 2.45) is 0 Å². The summed E-state index contributed by atoms with van der Waals surface area (Å²) in [6.45, 7) is 3.27. The van der Waals surface area contributed by atoms with Gasteiger partial charge in [-0.25, -0.2) is 0 Å². The summed E-state index contributed by atoms with van der Waals surface area (Å²) in [6.07, 6.45) is -4.33. The van der Waals surface area contributed by atoms with E-state index in [0.29, 0.717) is 25.2 Å². The standard InChI is InChI=1S/C13H15F3N2O/c1-9-12(19)17-5-6-18(9)8-10-3-2-4-11(7-10)13(14,15)16/h2-4,7,9H,5-6,8H2,1H3,(H,17,19)/t9-/m0/s1. The fraction of sp³-hybridized carbons (Fsp3) is 0.462. The molecule has 0 aliphatic carbocycles. The highest BCUT2D eigenvalue weighted by Crippen LogP contribution is 2.29. The van der Waals surface area contributed by atoms with Crippen molar-refractivity contribution in [3.63, 3.8) is 0 Å². The molecule has 0 spiro atoms. The third-order valence-electron chi connectivity index (χ3n) is 3.27. The second kappa shape index (κ2) is 5.21. The highest BCUT2D eigenvalue weighted by atomic mass is 19.4. The molecule has 0 aromatic heterocycles. The van der Waals surface area contributed by atoms with Crippen LogP contribution in [0.15, 0.2) is 24.3 Å². The average Bonchev–Trinajstić information content (AvgIpc) is 2.34. The van der Waals surface area contributed by atoms with Gasteiger partial charge < -0.3 is 5.32 Å². The van der Waals surface area contributed by atoms with Crippen LogP contribution in [0.4, 0.5) is 13.2 Å². The summed E-state index contributed by atoms with van der Waals surface area (Å²) >= 11 is 0. The van der Waals surface area contributed by atoms with Gasteiger partial charge in [-0.3, -0.25) is 9.69 Å². The summed E-state index contributed by atoms with van der Waals surface area (Å²) in [5, 5.41) is 2.72. The predicted octanol–water partition coefficient (Wildman–Crippen LogP) is 2.03. The quantitative estimate of drug-likeness (QED) is 0.893. The fourth-order valence-electron chi connectivity index (χ4n) is 2.13. The van der Waals surface area contributed by atoms with E-state index in [-0.39, 0.29) is 11.9 Å². The number of rotatable bonds is 2. The molecule has 1 aromatic rings. The highest BCUT2D eigenvalue weighted by molar-refractivity contribution is 5.81. The van der Waals surface area contributed by atoms with Gasteiger partial charge in [0.2, 0.25) is 5.91 Å². The number of hydrogen-bond donors (Lipinski definition) is 1. The smallest absolute Gasteiger partial charge is 0.353 e. The minimum absolute atomic E-state index is 0.0850. The number of piperazine rings is 1. The Morgan fingerprint density at radius 1 is 1.42 bits per heavy atom. The van der Waals surface area contributed by atoms with Crippen molar-refractivity contribution >= 4 is 5.91 Å². The lowest BCUT2D eigenvalue weighted by Crippen LogP contribution is -2.53. The molecule has 3 nitrogen and oxygen atoms in total. The van der Waals surface area contributed by atoms with Gasteiger partial charge >= 0.3 is 6.18 Å². The Morgan fingerprint density at radius 3 is 2.84 bits per heavy atom. The zero-order valence-corrected chi connectivity index (χ0v) is 10.5. The van der Waals surface area contributed by atoms with Crippen LogP contribution in [-0.4, -0.2) is 29.9 Å². The molecule has 6 heteroatoms. The molecular formula is C13H15F3N2O. The minimum atomic E-state index is -4.33. The average molecular weight is 272 g/mol. The van der Waals surface area contributed by atoms with Crippen molar-refractivity contribution in [2.45, 2.75) is 25.7 Å². The van der Waals surface area contributed by atoms with E-state index in [9.17, 15) is 18.0 Å². The highest BCUT2D eigenvalue weighted by Gasteiger charge is 2.31. The van der Waals surface area contributed by atoms with Crippen LogP contribution < -0.4 is 5.32 Å². The van der Waals surface area contributed by atoms with Crippen LogP contribution in [0.1, 0.15) is 18.1 Å². The third-order valence-corrected chi connectivity index (χ3v) is 3.27. The Kier molecular flexibility index (Phi) is 3.80. The first-order valence-corrected chi connectivity index (χ1v) is 6.06. The Hall–Kier alpha value is -1.56. The van der Waals surface area contributed by atoms with E-state index >= 15 is 0 Å². The van der Waals surface area contributed by atoms with Gasteiger partial charge in [0.05, 0.1) is 11.6 Å². The maximum absolute atomic E-state index is 12.6. The zero-order valence-electron chi connectivity index (χ0n) is 10.5. The van der Waals surface area contributed by atoms with Gasteiger partial charge in [-0.1, -0.05) is 18.2 Å². The van der Waals surface area contributed by atoms with Crippen molar-refractivity contribution in [1.82, 2.24) is 10.2 Å². The number of carbonyl (C=O) groups is 1. The van der Waals surface area contributed by atoms with Crippen LogP contribution in [-0.2, 0) is 17.5 Å². The first-order chi connectivity index (χ1) is 8.88. The van der Waals surface area contributed by atoms with E-state index in [1.807, 2.05) is 4.90 Å². The van der Waals surface area contributed by atoms with E-state index < -0.39 is 11.7 Å². The van der Waals surface area contributed by atoms with E-state index in [0.717, 1.165) is 12.1 Å². The Balaban J connectivity index is 2.13. The summed E-state index contributed by atoms with van der Waals surface area (Å²) in [7, 11) is 0. The predicted molar refractivity (Wildman–Crippen MR) is 64.3 cm³/mol. The molecule has 0 radical (unpaired) electrons. The molecule has 1 saturated heterocycles. The van der Waals surface area contributed by atoms with Gasteiger partial charge in [0.15, 0.2) is 0 Å². The van der Waals surface area contributed by atoms with Gasteiger partial charge in [0, 0.05) is 19.6 Å². The molecular weight excluding hydrogens is 257 g/mol. The summed E-state index contributed by atoms with van der Waals surface area (Å²) in [5.74, 6) is -0.0850. The third kappa shape index (κ3) is 3.26. The van der Waals surface area contributed by atoms with E-state index in [1.165, 1.54) is 6.07 Å². The number of halogens is 3. The molecule has 1 aromatic carbocycles. The Labute approximate surface area is 109 Å². The van der Waals surface area contributed by atoms with Crippen molar-refractivity contribution in [3.8, 4) is 0 Å². The molecule has 1 aliphatic heterocycles. The molecule has 2 rings (SSSR count). The van der Waals surface area contributed by atoms with Gasteiger partial charge in [-0.2, -0.15) is 13.2 Å². The second-order valence-corrected chi connectivity index (χ2v) is 4.64. The molecule has 1 atom stereocenters. The molecule has 0 bridgehead atoms. The summed E-state index contributed by atoms with van der Waals surface area (Å²) in [5.41, 5.74) is -0.0875. The number of benzene rings is 1. The molecule has 0 unspecified atom stereocenters. The summed E-state index contributed by atoms with van der Waals surface area (Å²) in [6, 6.07) is 4.92. The number of nitrogens with one attached hydrogen (secondary N) is 1. The zero-order chi connectivity index (χ0) is 14.0. The monoisotopic (exact) mass is 272 g/mol. The molecule has 1 N–H and O–H groups in total. The molecule has 104 valence electrons. The lowest BCUT2D eigenvalue weighted by atomic mass is 10.1. The Morgan fingerprint density at radius 2 is 2.16 bits per heavy atom. The van der Waals surface area contributed by atoms with E-state index in [2.05, 4.69) is 5.32 Å². The number of hydrogen-bond acceptors (Lipinski definition) is 2. The molecule has 1 fully saturated rings. The van der Waals surface area contributed by atoms with Crippen molar-refractivity contribution < 1.29 is 18.0 Å². The lowest BCUT2D eigenvalue weighted by molar-refractivity contribution is -0.137. The minimum Gasteiger partial charge on any atom is -0.353 e. The van der Waals surface area contributed by atoms with Crippen LogP contribution in [0.5, 0.6) is 0 Å². The van der Waals surface area contributed by atoms with Crippen molar-refractivity contribution in [1.29, 1.82) is 0 Å². The van der Waals surface area contributed by atoms with Gasteiger partial charge in [0.25, 0.3) is 0 Å². The number of alkyl halides is 3. The summed E-state index contributed by atoms with van der Waals surface area (Å²) < 4.78 is 37.8. The summed E-state index contributed by atoms with van der Waals surface area (Å²) in [4.78, 5) is 13.4. The SMILES string of the molecule is C[C@H]1C(=O)NCCN1Cc1cccc(C(F)(F)F)c1. The van der Waals surface area contributed by atoms with Gasteiger partial charge in [0.1, 0.15) is 0 Å². The molecule has 19 heavy (non-hydrogen) atoms. The fourth-order valence-corrected chi connectivity index (χ4v) is 2.13. The molecule has 1 aliphatic rings. The molecule has 1 heterocycles. The molecule has 0 saturated carbocycles. The lowest BCUT2D eigenvalue weighted by Gasteiger charge is -2.32. The first-order valence-electron chi connectivity index (χ1n) is 6.06. The van der Waals surface area contributed by atoms with Crippen molar-refractivity contribution in [2.75, 3.05) is 13.1 Å². The number of carbonyl (C=O) groups excluding carboxylic acids is 1. The normalized spacial score (nSPS) is 21.3. The van der Waals surface area contributed by atoms with Crippen LogP contribution in [0, 0.1) is 0 Å². The van der Waals surface area contributed by atoms with Gasteiger partial charge in [-0.05, 0) is 18.6 Å². The molecule has 1 amide bonds. The second-order valence-electron chi connectivity index (χ2n) is 4.64. The maximum Gasteiger partial charge on any atom is 0.416 e. The topological polar surface area (TPSA) is 32.3 Å². The van der Waals surface area contributed by atoms with Crippen LogP contribution >= 0.6 is 0 Å². The first kappa shape index (κ1) is 13.9. The number of amides is 1.